The summed E-state index contributed by atoms with van der Waals surface area (Å²) < 4.78 is 13.5. The number of fused-ring (bicyclic) bond motifs is 3. The molecule has 0 aromatic heterocycles. The topological polar surface area (TPSA) is 52.6 Å². The number of aliphatic hydroxyl groups excluding tert-OH is 1. The number of hydrogen-bond acceptors (Lipinski definition) is 3. The SMILES string of the molecule is Cc1ccc(F)cc1NC(=O)CN1C[C@@H](O)Cc2ccc3ccccc3c21. The van der Waals surface area contributed by atoms with Gasteiger partial charge in [0.05, 0.1) is 12.6 Å². The third kappa shape index (κ3) is 3.51. The number of benzene rings is 3. The van der Waals surface area contributed by atoms with E-state index in [1.54, 1.807) is 6.07 Å². The first-order chi connectivity index (χ1) is 13.0. The van der Waals surface area contributed by atoms with Crippen molar-refractivity contribution in [1.29, 1.82) is 0 Å². The molecule has 0 unspecified atom stereocenters. The normalized spacial score (nSPS) is 16.3. The number of carbonyl (C=O) groups excluding carboxylic acids is 1. The molecule has 1 aliphatic heterocycles. The van der Waals surface area contributed by atoms with E-state index in [9.17, 15) is 14.3 Å². The zero-order valence-corrected chi connectivity index (χ0v) is 15.1. The average molecular weight is 364 g/mol. The van der Waals surface area contributed by atoms with E-state index in [1.165, 1.54) is 12.1 Å². The molecule has 1 heterocycles. The highest BCUT2D eigenvalue weighted by molar-refractivity contribution is 6.00. The lowest BCUT2D eigenvalue weighted by Gasteiger charge is -2.34. The van der Waals surface area contributed by atoms with Crippen LogP contribution in [0.15, 0.2) is 54.6 Å². The molecule has 0 saturated carbocycles. The van der Waals surface area contributed by atoms with Gasteiger partial charge in [-0.1, -0.05) is 42.5 Å². The number of carbonyl (C=O) groups is 1. The van der Waals surface area contributed by atoms with Gasteiger partial charge in [-0.05, 0) is 35.6 Å². The lowest BCUT2D eigenvalue weighted by atomic mass is 9.95. The lowest BCUT2D eigenvalue weighted by Crippen LogP contribution is -2.43. The Bertz CT molecular complexity index is 1020. The maximum absolute atomic E-state index is 13.5. The molecule has 0 fully saturated rings. The van der Waals surface area contributed by atoms with Crippen LogP contribution < -0.4 is 10.2 Å². The molecule has 0 spiro atoms. The minimum Gasteiger partial charge on any atom is -0.391 e. The van der Waals surface area contributed by atoms with Gasteiger partial charge in [0, 0.05) is 29.7 Å². The highest BCUT2D eigenvalue weighted by Crippen LogP contribution is 2.35. The van der Waals surface area contributed by atoms with Gasteiger partial charge < -0.3 is 15.3 Å². The number of nitrogens with zero attached hydrogens (tertiary/aromatic N) is 1. The lowest BCUT2D eigenvalue weighted by molar-refractivity contribution is -0.115. The molecule has 138 valence electrons. The number of anilines is 2. The summed E-state index contributed by atoms with van der Waals surface area (Å²) in [4.78, 5) is 14.6. The summed E-state index contributed by atoms with van der Waals surface area (Å²) in [6, 6.07) is 16.4. The van der Waals surface area contributed by atoms with Gasteiger partial charge in [-0.2, -0.15) is 0 Å². The van der Waals surface area contributed by atoms with Crippen LogP contribution in [-0.2, 0) is 11.2 Å². The van der Waals surface area contributed by atoms with Crippen LogP contribution in [0.3, 0.4) is 0 Å². The molecule has 0 aliphatic carbocycles. The van der Waals surface area contributed by atoms with Gasteiger partial charge in [-0.3, -0.25) is 4.79 Å². The highest BCUT2D eigenvalue weighted by atomic mass is 19.1. The Balaban J connectivity index is 1.64. The fourth-order valence-electron chi connectivity index (χ4n) is 3.74. The minimum atomic E-state index is -0.526. The largest absolute Gasteiger partial charge is 0.391 e. The number of hydrogen-bond donors (Lipinski definition) is 2. The molecule has 1 atom stereocenters. The Morgan fingerprint density at radius 2 is 2.04 bits per heavy atom. The smallest absolute Gasteiger partial charge is 0.243 e. The third-order valence-electron chi connectivity index (χ3n) is 5.00. The van der Waals surface area contributed by atoms with Crippen molar-refractivity contribution in [1.82, 2.24) is 0 Å². The van der Waals surface area contributed by atoms with Gasteiger partial charge >= 0.3 is 0 Å². The first kappa shape index (κ1) is 17.5. The summed E-state index contributed by atoms with van der Waals surface area (Å²) in [5.41, 5.74) is 3.29. The van der Waals surface area contributed by atoms with E-state index in [0.29, 0.717) is 18.7 Å². The Kier molecular flexibility index (Phi) is 4.54. The van der Waals surface area contributed by atoms with Crippen molar-refractivity contribution in [3.05, 3.63) is 71.5 Å². The standard InChI is InChI=1S/C22H21FN2O2/c1-14-6-9-17(23)11-20(14)24-21(27)13-25-12-18(26)10-16-8-7-15-4-2-3-5-19(15)22(16)25/h2-9,11,18,26H,10,12-13H2,1H3,(H,24,27)/t18-/m0/s1. The van der Waals surface area contributed by atoms with E-state index in [2.05, 4.69) is 5.32 Å². The van der Waals surface area contributed by atoms with Crippen molar-refractivity contribution in [3.63, 3.8) is 0 Å². The van der Waals surface area contributed by atoms with E-state index in [-0.39, 0.29) is 18.3 Å². The van der Waals surface area contributed by atoms with E-state index >= 15 is 0 Å². The molecule has 4 nitrogen and oxygen atoms in total. The number of β-amino-alcohol motifs (C(OH)–C–C–N with tert-alkyl or cyclic N) is 1. The number of aryl methyl sites for hydroxylation is 1. The molecule has 5 heteroatoms. The summed E-state index contributed by atoms with van der Waals surface area (Å²) in [5.74, 6) is -0.627. The highest BCUT2D eigenvalue weighted by Gasteiger charge is 2.26. The fraction of sp³-hybridized carbons (Fsp3) is 0.227. The van der Waals surface area contributed by atoms with E-state index in [0.717, 1.165) is 27.6 Å². The molecule has 0 bridgehead atoms. The maximum Gasteiger partial charge on any atom is 0.243 e. The zero-order chi connectivity index (χ0) is 19.0. The first-order valence-electron chi connectivity index (χ1n) is 9.01. The van der Waals surface area contributed by atoms with Crippen LogP contribution in [0.4, 0.5) is 15.8 Å². The van der Waals surface area contributed by atoms with Crippen LogP contribution in [0.2, 0.25) is 0 Å². The minimum absolute atomic E-state index is 0.0913. The first-order valence-corrected chi connectivity index (χ1v) is 9.01. The van der Waals surface area contributed by atoms with Crippen LogP contribution in [0, 0.1) is 12.7 Å². The Morgan fingerprint density at radius 1 is 1.22 bits per heavy atom. The predicted octanol–water partition coefficient (Wildman–Crippen LogP) is 3.65. The van der Waals surface area contributed by atoms with E-state index in [1.807, 2.05) is 48.2 Å². The van der Waals surface area contributed by atoms with Gasteiger partial charge in [-0.15, -0.1) is 0 Å². The predicted molar refractivity (Wildman–Crippen MR) is 106 cm³/mol. The summed E-state index contributed by atoms with van der Waals surface area (Å²) >= 11 is 0. The van der Waals surface area contributed by atoms with Crippen LogP contribution in [0.1, 0.15) is 11.1 Å². The Hall–Kier alpha value is -2.92. The van der Waals surface area contributed by atoms with Crippen molar-refractivity contribution >= 4 is 28.1 Å². The molecule has 0 saturated heterocycles. The van der Waals surface area contributed by atoms with E-state index < -0.39 is 6.10 Å². The van der Waals surface area contributed by atoms with Crippen LogP contribution >= 0.6 is 0 Å². The number of nitrogens with one attached hydrogen (secondary N) is 1. The van der Waals surface area contributed by atoms with Gasteiger partial charge in [-0.25, -0.2) is 4.39 Å². The second-order valence-corrected chi connectivity index (χ2v) is 7.04. The molecule has 3 aromatic carbocycles. The molecular formula is C22H21FN2O2. The molecule has 4 rings (SSSR count). The molecular weight excluding hydrogens is 343 g/mol. The zero-order valence-electron chi connectivity index (χ0n) is 15.1. The summed E-state index contributed by atoms with van der Waals surface area (Å²) in [6.07, 6.45) is 0.0451. The molecule has 3 aromatic rings. The van der Waals surface area contributed by atoms with Crippen molar-refractivity contribution in [2.45, 2.75) is 19.4 Å². The number of amides is 1. The number of halogens is 1. The van der Waals surface area contributed by atoms with Crippen molar-refractivity contribution in [3.8, 4) is 0 Å². The monoisotopic (exact) mass is 364 g/mol. The Labute approximate surface area is 157 Å². The van der Waals surface area contributed by atoms with Gasteiger partial charge in [0.2, 0.25) is 5.91 Å². The average Bonchev–Trinajstić information content (AvgIpc) is 2.64. The van der Waals surface area contributed by atoms with Gasteiger partial charge in [0.1, 0.15) is 5.82 Å². The molecule has 2 N–H and O–H groups in total. The maximum atomic E-state index is 13.5. The third-order valence-corrected chi connectivity index (χ3v) is 5.00. The van der Waals surface area contributed by atoms with Crippen molar-refractivity contribution < 1.29 is 14.3 Å². The van der Waals surface area contributed by atoms with Gasteiger partial charge in [0.25, 0.3) is 0 Å². The van der Waals surface area contributed by atoms with Crippen molar-refractivity contribution in [2.24, 2.45) is 0 Å². The second-order valence-electron chi connectivity index (χ2n) is 7.04. The van der Waals surface area contributed by atoms with Crippen LogP contribution in [-0.4, -0.2) is 30.2 Å². The molecule has 1 aliphatic rings. The molecule has 0 radical (unpaired) electrons. The van der Waals surface area contributed by atoms with Crippen molar-refractivity contribution in [2.75, 3.05) is 23.3 Å². The molecule has 27 heavy (non-hydrogen) atoms. The fourth-order valence-corrected chi connectivity index (χ4v) is 3.74. The molecule has 1 amide bonds. The number of rotatable bonds is 3. The van der Waals surface area contributed by atoms with Crippen LogP contribution in [0.5, 0.6) is 0 Å². The Morgan fingerprint density at radius 3 is 2.89 bits per heavy atom. The number of aliphatic hydroxyl groups is 1. The van der Waals surface area contributed by atoms with Crippen LogP contribution in [0.25, 0.3) is 10.8 Å². The summed E-state index contributed by atoms with van der Waals surface area (Å²) in [7, 11) is 0. The summed E-state index contributed by atoms with van der Waals surface area (Å²) in [5, 5.41) is 15.2. The quantitative estimate of drug-likeness (QED) is 0.746. The second kappa shape index (κ2) is 7.00. The van der Waals surface area contributed by atoms with Gasteiger partial charge in [0.15, 0.2) is 0 Å². The summed E-state index contributed by atoms with van der Waals surface area (Å²) in [6.45, 7) is 2.30. The van der Waals surface area contributed by atoms with E-state index in [4.69, 9.17) is 0 Å².